The highest BCUT2D eigenvalue weighted by molar-refractivity contribution is 7.12. The van der Waals surface area contributed by atoms with Crippen molar-refractivity contribution in [3.8, 4) is 12.3 Å². The van der Waals surface area contributed by atoms with Crippen LogP contribution >= 0.6 is 11.3 Å². The van der Waals surface area contributed by atoms with Crippen LogP contribution in [0.2, 0.25) is 0 Å². The van der Waals surface area contributed by atoms with E-state index in [0.717, 1.165) is 0 Å². The first kappa shape index (κ1) is 12.3. The minimum absolute atomic E-state index is 0.207. The number of thiophene rings is 1. The molecule has 0 unspecified atom stereocenters. The molecule has 1 N–H and O–H groups in total. The molecule has 1 rings (SSSR count). The van der Waals surface area contributed by atoms with E-state index < -0.39 is 5.97 Å². The first-order valence-electron chi connectivity index (χ1n) is 4.58. The van der Waals surface area contributed by atoms with Crippen molar-refractivity contribution in [2.45, 2.75) is 12.8 Å². The normalized spacial score (nSPS) is 9.25. The molecule has 0 spiro atoms. The van der Waals surface area contributed by atoms with Crippen molar-refractivity contribution in [2.75, 3.05) is 12.4 Å². The largest absolute Gasteiger partial charge is 0.465 e. The predicted molar refractivity (Wildman–Crippen MR) is 62.4 cm³/mol. The number of nitrogens with one attached hydrogen (secondary N) is 1. The van der Waals surface area contributed by atoms with Crippen LogP contribution < -0.4 is 5.32 Å². The van der Waals surface area contributed by atoms with Crippen LogP contribution in [0.4, 0.5) is 5.69 Å². The van der Waals surface area contributed by atoms with E-state index in [0.29, 0.717) is 17.0 Å². The van der Waals surface area contributed by atoms with E-state index in [9.17, 15) is 9.59 Å². The third kappa shape index (κ3) is 3.11. The van der Waals surface area contributed by atoms with Crippen molar-refractivity contribution in [1.82, 2.24) is 0 Å². The van der Waals surface area contributed by atoms with Gasteiger partial charge in [0.25, 0.3) is 0 Å². The van der Waals surface area contributed by atoms with E-state index >= 15 is 0 Å². The standard InChI is InChI=1S/C11H11NO3S/c1-3-4-5-9(13)12-8-6-7-16-10(8)11(14)15-2/h1,6-7H,4-5H2,2H3,(H,12,13). The maximum Gasteiger partial charge on any atom is 0.350 e. The number of rotatable bonds is 4. The van der Waals surface area contributed by atoms with Crippen LogP contribution in [-0.2, 0) is 9.53 Å². The molecule has 0 aliphatic heterocycles. The summed E-state index contributed by atoms with van der Waals surface area (Å²) in [7, 11) is 1.30. The van der Waals surface area contributed by atoms with Crippen LogP contribution in [0.15, 0.2) is 11.4 Å². The Balaban J connectivity index is 2.67. The molecule has 0 aliphatic carbocycles. The molecule has 1 aromatic rings. The Bertz CT molecular complexity index is 431. The summed E-state index contributed by atoms with van der Waals surface area (Å²) >= 11 is 1.22. The molecular weight excluding hydrogens is 226 g/mol. The number of esters is 1. The van der Waals surface area contributed by atoms with Gasteiger partial charge in [0.15, 0.2) is 0 Å². The molecule has 5 heteroatoms. The van der Waals surface area contributed by atoms with Crippen molar-refractivity contribution in [3.05, 3.63) is 16.3 Å². The summed E-state index contributed by atoms with van der Waals surface area (Å²) in [5, 5.41) is 4.33. The van der Waals surface area contributed by atoms with Gasteiger partial charge in [-0.05, 0) is 11.4 Å². The Kier molecular flexibility index (Phi) is 4.55. The van der Waals surface area contributed by atoms with Gasteiger partial charge >= 0.3 is 5.97 Å². The van der Waals surface area contributed by atoms with Crippen molar-refractivity contribution >= 4 is 28.9 Å². The highest BCUT2D eigenvalue weighted by Crippen LogP contribution is 2.23. The smallest absolute Gasteiger partial charge is 0.350 e. The average Bonchev–Trinajstić information content (AvgIpc) is 2.73. The van der Waals surface area contributed by atoms with Crippen LogP contribution in [-0.4, -0.2) is 19.0 Å². The molecule has 0 fully saturated rings. The van der Waals surface area contributed by atoms with Crippen LogP contribution in [0.3, 0.4) is 0 Å². The Hall–Kier alpha value is -1.80. The van der Waals surface area contributed by atoms with E-state index in [4.69, 9.17) is 6.42 Å². The fourth-order valence-corrected chi connectivity index (χ4v) is 1.82. The third-order valence-corrected chi connectivity index (χ3v) is 2.70. The number of anilines is 1. The molecule has 1 heterocycles. The number of ether oxygens (including phenoxy) is 1. The Morgan fingerprint density at radius 2 is 2.38 bits per heavy atom. The topological polar surface area (TPSA) is 55.4 Å². The molecule has 0 bridgehead atoms. The van der Waals surface area contributed by atoms with Crippen molar-refractivity contribution in [2.24, 2.45) is 0 Å². The van der Waals surface area contributed by atoms with E-state index in [1.165, 1.54) is 18.4 Å². The van der Waals surface area contributed by atoms with Crippen molar-refractivity contribution in [1.29, 1.82) is 0 Å². The van der Waals surface area contributed by atoms with Gasteiger partial charge in [0.2, 0.25) is 5.91 Å². The Labute approximate surface area is 97.6 Å². The lowest BCUT2D eigenvalue weighted by Crippen LogP contribution is -2.13. The first-order chi connectivity index (χ1) is 7.69. The second kappa shape index (κ2) is 5.93. The highest BCUT2D eigenvalue weighted by Gasteiger charge is 2.14. The summed E-state index contributed by atoms with van der Waals surface area (Å²) in [6, 6.07) is 1.66. The number of methoxy groups -OCH3 is 1. The lowest BCUT2D eigenvalue weighted by molar-refractivity contribution is -0.116. The number of amides is 1. The maximum absolute atomic E-state index is 11.4. The molecule has 0 radical (unpaired) electrons. The highest BCUT2D eigenvalue weighted by atomic mass is 32.1. The zero-order valence-electron chi connectivity index (χ0n) is 8.78. The van der Waals surface area contributed by atoms with E-state index in [2.05, 4.69) is 16.0 Å². The maximum atomic E-state index is 11.4. The van der Waals surface area contributed by atoms with Crippen LogP contribution in [0.5, 0.6) is 0 Å². The zero-order chi connectivity index (χ0) is 12.0. The third-order valence-electron chi connectivity index (χ3n) is 1.81. The fraction of sp³-hybridized carbons (Fsp3) is 0.273. The molecule has 0 aliphatic rings. The second-order valence-corrected chi connectivity index (χ2v) is 3.82. The summed E-state index contributed by atoms with van der Waals surface area (Å²) in [6.07, 6.45) is 5.67. The minimum Gasteiger partial charge on any atom is -0.465 e. The van der Waals surface area contributed by atoms with Gasteiger partial charge < -0.3 is 10.1 Å². The molecule has 4 nitrogen and oxygen atoms in total. The molecule has 0 saturated carbocycles. The van der Waals surface area contributed by atoms with Gasteiger partial charge in [0.1, 0.15) is 4.88 Å². The van der Waals surface area contributed by atoms with Crippen LogP contribution in [0.1, 0.15) is 22.5 Å². The summed E-state index contributed by atoms with van der Waals surface area (Å²) in [5.41, 5.74) is 0.471. The van der Waals surface area contributed by atoms with Crippen LogP contribution in [0, 0.1) is 12.3 Å². The number of hydrogen-bond donors (Lipinski definition) is 1. The second-order valence-electron chi connectivity index (χ2n) is 2.91. The SMILES string of the molecule is C#CCCC(=O)Nc1ccsc1C(=O)OC. The quantitative estimate of drug-likeness (QED) is 0.642. The minimum atomic E-state index is -0.456. The molecule has 1 amide bonds. The van der Waals surface area contributed by atoms with Gasteiger partial charge in [-0.3, -0.25) is 4.79 Å². The van der Waals surface area contributed by atoms with Gasteiger partial charge in [-0.1, -0.05) is 0 Å². The van der Waals surface area contributed by atoms with E-state index in [1.54, 1.807) is 11.4 Å². The summed E-state index contributed by atoms with van der Waals surface area (Å²) in [6.45, 7) is 0. The first-order valence-corrected chi connectivity index (χ1v) is 5.46. The molecule has 16 heavy (non-hydrogen) atoms. The molecule has 0 aromatic carbocycles. The molecule has 84 valence electrons. The van der Waals surface area contributed by atoms with Crippen LogP contribution in [0.25, 0.3) is 0 Å². The average molecular weight is 237 g/mol. The summed E-state index contributed by atoms with van der Waals surface area (Å²) < 4.78 is 4.59. The zero-order valence-corrected chi connectivity index (χ0v) is 9.60. The number of hydrogen-bond acceptors (Lipinski definition) is 4. The number of carbonyl (C=O) groups is 2. The van der Waals surface area contributed by atoms with Crippen molar-refractivity contribution in [3.63, 3.8) is 0 Å². The Morgan fingerprint density at radius 3 is 3.00 bits per heavy atom. The number of terminal acetylenes is 1. The lowest BCUT2D eigenvalue weighted by atomic mass is 10.3. The number of carbonyl (C=O) groups excluding carboxylic acids is 2. The monoisotopic (exact) mass is 237 g/mol. The van der Waals surface area contributed by atoms with Gasteiger partial charge in [-0.25, -0.2) is 4.79 Å². The molecule has 1 aromatic heterocycles. The van der Waals surface area contributed by atoms with Gasteiger partial charge in [-0.15, -0.1) is 23.7 Å². The van der Waals surface area contributed by atoms with E-state index in [-0.39, 0.29) is 12.3 Å². The van der Waals surface area contributed by atoms with Gasteiger partial charge in [0, 0.05) is 12.8 Å². The molecule has 0 atom stereocenters. The Morgan fingerprint density at radius 1 is 1.62 bits per heavy atom. The molecule has 0 saturated heterocycles. The summed E-state index contributed by atoms with van der Waals surface area (Å²) in [5.74, 6) is 1.71. The predicted octanol–water partition coefficient (Wildman–Crippen LogP) is 1.89. The summed E-state index contributed by atoms with van der Waals surface area (Å²) in [4.78, 5) is 23.1. The molecular formula is C11H11NO3S. The van der Waals surface area contributed by atoms with Gasteiger partial charge in [0.05, 0.1) is 12.8 Å². The lowest BCUT2D eigenvalue weighted by Gasteiger charge is -2.03. The van der Waals surface area contributed by atoms with E-state index in [1.807, 2.05) is 0 Å². The van der Waals surface area contributed by atoms with Crippen molar-refractivity contribution < 1.29 is 14.3 Å². The fourth-order valence-electron chi connectivity index (χ4n) is 1.06. The van der Waals surface area contributed by atoms with Gasteiger partial charge in [-0.2, -0.15) is 0 Å².